The second-order valence-electron chi connectivity index (χ2n) is 3.32. The fourth-order valence-electron chi connectivity index (χ4n) is 1.10. The number of hydrogen-bond acceptors (Lipinski definition) is 1. The summed E-state index contributed by atoms with van der Waals surface area (Å²) in [7, 11) is 0. The van der Waals surface area contributed by atoms with Crippen molar-refractivity contribution in [2.24, 2.45) is 0 Å². The van der Waals surface area contributed by atoms with Gasteiger partial charge in [-0.25, -0.2) is 0 Å². The molecule has 0 atom stereocenters. The van der Waals surface area contributed by atoms with Crippen LogP contribution in [-0.2, 0) is 4.79 Å². The minimum Gasteiger partial charge on any atom is -0.351 e. The number of halogens is 1. The summed E-state index contributed by atoms with van der Waals surface area (Å²) in [5, 5.41) is 3.31. The fraction of sp³-hybridized carbons (Fsp3) is 0.875. The van der Waals surface area contributed by atoms with Gasteiger partial charge < -0.3 is 5.32 Å². The third-order valence-electron chi connectivity index (χ3n) is 1.47. The summed E-state index contributed by atoms with van der Waals surface area (Å²) >= 11 is 3.11. The highest BCUT2D eigenvalue weighted by molar-refractivity contribution is 9.09. The first-order valence-corrected chi connectivity index (χ1v) is 5.01. The van der Waals surface area contributed by atoms with Gasteiger partial charge in [-0.15, -0.1) is 0 Å². The van der Waals surface area contributed by atoms with Crippen LogP contribution < -0.4 is 5.32 Å². The van der Waals surface area contributed by atoms with Crippen molar-refractivity contribution in [1.29, 1.82) is 0 Å². The Kier molecular flexibility index (Phi) is 4.73. The smallest absolute Gasteiger partial charge is 0.231 e. The van der Waals surface area contributed by atoms with Crippen molar-refractivity contribution in [2.75, 3.05) is 5.33 Å². The molecule has 0 aromatic heterocycles. The Morgan fingerprint density at radius 3 is 2.45 bits per heavy atom. The van der Waals surface area contributed by atoms with Gasteiger partial charge in [0, 0.05) is 5.54 Å². The Morgan fingerprint density at radius 2 is 2.09 bits per heavy atom. The Morgan fingerprint density at radius 1 is 1.55 bits per heavy atom. The zero-order chi connectivity index (χ0) is 8.91. The monoisotopic (exact) mass is 221 g/mol. The maximum Gasteiger partial charge on any atom is 0.231 e. The van der Waals surface area contributed by atoms with Crippen molar-refractivity contribution in [2.45, 2.75) is 39.2 Å². The predicted molar refractivity (Wildman–Crippen MR) is 50.9 cm³/mol. The summed E-state index contributed by atoms with van der Waals surface area (Å²) in [6.07, 6.45) is 2.11. The lowest BCUT2D eigenvalue weighted by molar-refractivity contribution is -0.120. The van der Waals surface area contributed by atoms with Crippen molar-refractivity contribution in [3.05, 3.63) is 0 Å². The summed E-state index contributed by atoms with van der Waals surface area (Å²) in [4.78, 5) is 10.9. The molecule has 66 valence electrons. The number of nitrogens with one attached hydrogen (secondary N) is 1. The quantitative estimate of drug-likeness (QED) is 0.725. The average Bonchev–Trinajstić information content (AvgIpc) is 1.86. The maximum atomic E-state index is 10.9. The molecule has 3 heteroatoms. The van der Waals surface area contributed by atoms with Crippen molar-refractivity contribution in [3.8, 4) is 0 Å². The third kappa shape index (κ3) is 5.24. The van der Waals surface area contributed by atoms with Crippen LogP contribution in [0.4, 0.5) is 0 Å². The molecule has 2 nitrogen and oxygen atoms in total. The molecule has 0 saturated heterocycles. The Hall–Kier alpha value is -0.0500. The molecule has 1 amide bonds. The van der Waals surface area contributed by atoms with Crippen LogP contribution in [0.1, 0.15) is 33.6 Å². The molecule has 0 spiro atoms. The summed E-state index contributed by atoms with van der Waals surface area (Å²) in [6.45, 7) is 6.19. The zero-order valence-corrected chi connectivity index (χ0v) is 8.99. The lowest BCUT2D eigenvalue weighted by Crippen LogP contribution is -2.43. The highest BCUT2D eigenvalue weighted by Gasteiger charge is 2.17. The van der Waals surface area contributed by atoms with Gasteiger partial charge in [-0.3, -0.25) is 4.79 Å². The van der Waals surface area contributed by atoms with E-state index in [1.807, 2.05) is 13.8 Å². The highest BCUT2D eigenvalue weighted by Crippen LogP contribution is 2.10. The van der Waals surface area contributed by atoms with Crippen LogP contribution in [0.2, 0.25) is 0 Å². The van der Waals surface area contributed by atoms with Gasteiger partial charge in [0.05, 0.1) is 5.33 Å². The molecule has 0 rings (SSSR count). The Bertz CT molecular complexity index is 134. The van der Waals surface area contributed by atoms with Crippen LogP contribution in [0, 0.1) is 0 Å². The van der Waals surface area contributed by atoms with E-state index in [0.717, 1.165) is 12.8 Å². The molecule has 0 fully saturated rings. The fourth-order valence-corrected chi connectivity index (χ4v) is 1.24. The SMILES string of the molecule is CCCC(C)(C)NC(=O)CBr. The van der Waals surface area contributed by atoms with Gasteiger partial charge in [-0.1, -0.05) is 29.3 Å². The van der Waals surface area contributed by atoms with E-state index in [9.17, 15) is 4.79 Å². The molecular formula is C8H16BrNO. The molecule has 0 heterocycles. The highest BCUT2D eigenvalue weighted by atomic mass is 79.9. The summed E-state index contributed by atoms with van der Waals surface area (Å²) in [5.74, 6) is 0.0588. The molecule has 0 aromatic carbocycles. The van der Waals surface area contributed by atoms with Gasteiger partial charge >= 0.3 is 0 Å². The zero-order valence-electron chi connectivity index (χ0n) is 7.41. The first-order chi connectivity index (χ1) is 5.02. The summed E-state index contributed by atoms with van der Waals surface area (Å²) < 4.78 is 0. The number of carbonyl (C=O) groups excluding carboxylic acids is 1. The number of rotatable bonds is 4. The largest absolute Gasteiger partial charge is 0.351 e. The second kappa shape index (κ2) is 4.75. The van der Waals surface area contributed by atoms with Gasteiger partial charge in [0.25, 0.3) is 0 Å². The number of hydrogen-bond donors (Lipinski definition) is 1. The molecule has 0 aliphatic heterocycles. The van der Waals surface area contributed by atoms with E-state index in [-0.39, 0.29) is 11.4 Å². The lowest BCUT2D eigenvalue weighted by Gasteiger charge is -2.25. The average molecular weight is 222 g/mol. The molecule has 0 saturated carbocycles. The van der Waals surface area contributed by atoms with Crippen LogP contribution >= 0.6 is 15.9 Å². The Labute approximate surface area is 76.9 Å². The minimum atomic E-state index is -0.0559. The number of amides is 1. The van der Waals surface area contributed by atoms with Gasteiger partial charge in [0.2, 0.25) is 5.91 Å². The summed E-state index contributed by atoms with van der Waals surface area (Å²) in [6, 6.07) is 0. The van der Waals surface area contributed by atoms with E-state index < -0.39 is 0 Å². The molecule has 0 aliphatic carbocycles. The first kappa shape index (κ1) is 11.0. The first-order valence-electron chi connectivity index (χ1n) is 3.89. The predicted octanol–water partition coefficient (Wildman–Crippen LogP) is 2.08. The number of alkyl halides is 1. The molecule has 0 bridgehead atoms. The van der Waals surface area contributed by atoms with Crippen LogP contribution in [0.15, 0.2) is 0 Å². The van der Waals surface area contributed by atoms with E-state index in [0.29, 0.717) is 5.33 Å². The van der Waals surface area contributed by atoms with Crippen LogP contribution in [0.5, 0.6) is 0 Å². The van der Waals surface area contributed by atoms with E-state index in [2.05, 4.69) is 28.2 Å². The second-order valence-corrected chi connectivity index (χ2v) is 3.88. The lowest BCUT2D eigenvalue weighted by atomic mass is 9.99. The van der Waals surface area contributed by atoms with Gasteiger partial charge in [0.15, 0.2) is 0 Å². The molecule has 0 aliphatic rings. The standard InChI is InChI=1S/C8H16BrNO/c1-4-5-8(2,3)10-7(11)6-9/h4-6H2,1-3H3,(H,10,11). The molecule has 11 heavy (non-hydrogen) atoms. The molecule has 0 unspecified atom stereocenters. The molecule has 0 radical (unpaired) electrons. The van der Waals surface area contributed by atoms with E-state index in [4.69, 9.17) is 0 Å². The van der Waals surface area contributed by atoms with Gasteiger partial charge in [0.1, 0.15) is 0 Å². The van der Waals surface area contributed by atoms with Crippen LogP contribution in [0.3, 0.4) is 0 Å². The molecule has 0 aromatic rings. The van der Waals surface area contributed by atoms with E-state index in [1.54, 1.807) is 0 Å². The van der Waals surface area contributed by atoms with Crippen molar-refractivity contribution in [1.82, 2.24) is 5.32 Å². The topological polar surface area (TPSA) is 29.1 Å². The number of carbonyl (C=O) groups is 1. The van der Waals surface area contributed by atoms with Gasteiger partial charge in [-0.2, -0.15) is 0 Å². The molecule has 1 N–H and O–H groups in total. The van der Waals surface area contributed by atoms with Gasteiger partial charge in [-0.05, 0) is 20.3 Å². The van der Waals surface area contributed by atoms with Crippen LogP contribution in [-0.4, -0.2) is 16.8 Å². The van der Waals surface area contributed by atoms with Crippen molar-refractivity contribution in [3.63, 3.8) is 0 Å². The maximum absolute atomic E-state index is 10.9. The van der Waals surface area contributed by atoms with E-state index in [1.165, 1.54) is 0 Å². The third-order valence-corrected chi connectivity index (χ3v) is 1.98. The van der Waals surface area contributed by atoms with Crippen LogP contribution in [0.25, 0.3) is 0 Å². The van der Waals surface area contributed by atoms with Crippen molar-refractivity contribution < 1.29 is 4.79 Å². The molecular weight excluding hydrogens is 206 g/mol. The van der Waals surface area contributed by atoms with Crippen molar-refractivity contribution >= 4 is 21.8 Å². The minimum absolute atomic E-state index is 0.0559. The Balaban J connectivity index is 3.80. The normalized spacial score (nSPS) is 11.3. The summed E-state index contributed by atoms with van der Waals surface area (Å²) in [5.41, 5.74) is -0.0559. The van der Waals surface area contributed by atoms with E-state index >= 15 is 0 Å².